The Labute approximate surface area is 400 Å². The van der Waals surface area contributed by atoms with E-state index in [-0.39, 0.29) is 61.7 Å². The first-order chi connectivity index (χ1) is 33.3. The van der Waals surface area contributed by atoms with Crippen LogP contribution in [0.4, 0.5) is 0 Å². The molecule has 0 bridgehead atoms. The highest BCUT2D eigenvalue weighted by atomic mass is 16.3. The second-order valence-electron chi connectivity index (χ2n) is 19.2. The number of fused-ring (bicyclic) bond motifs is 2. The molecule has 4 heterocycles. The molecule has 1 saturated carbocycles. The molecule has 7 amide bonds. The van der Waals surface area contributed by atoms with Crippen molar-refractivity contribution in [3.05, 3.63) is 106 Å². The fourth-order valence-electron chi connectivity index (χ4n) is 11.0. The average molecular weight is 946 g/mol. The van der Waals surface area contributed by atoms with Crippen LogP contribution in [0.3, 0.4) is 0 Å². The summed E-state index contributed by atoms with van der Waals surface area (Å²) in [4.78, 5) is 110. The Kier molecular flexibility index (Phi) is 15.4. The predicted octanol–water partition coefficient (Wildman–Crippen LogP) is 2.21. The Hall–Kier alpha value is -6.66. The number of aliphatic hydroxyl groups excluding tert-OH is 1. The van der Waals surface area contributed by atoms with Crippen molar-refractivity contribution in [1.82, 2.24) is 40.2 Å². The Bertz CT molecular complexity index is 2570. The lowest BCUT2D eigenvalue weighted by molar-refractivity contribution is -0.146. The number of nitrogens with zero attached hydrogens (tertiary/aromatic N) is 4. The number of carbonyl (C=O) groups excluding carboxylic acids is 7. The smallest absolute Gasteiger partial charge is 0.329 e. The highest BCUT2D eigenvalue weighted by Gasteiger charge is 2.46. The lowest BCUT2D eigenvalue weighted by Crippen LogP contribution is -2.61. The molecule has 18 nitrogen and oxygen atoms in total. The maximum Gasteiger partial charge on any atom is 0.329 e. The number of imidazole rings is 1. The van der Waals surface area contributed by atoms with Crippen LogP contribution >= 0.6 is 0 Å². The van der Waals surface area contributed by atoms with Gasteiger partial charge in [-0.3, -0.25) is 53.3 Å². The monoisotopic (exact) mass is 945 g/mol. The van der Waals surface area contributed by atoms with Gasteiger partial charge >= 0.3 is 5.69 Å². The lowest BCUT2D eigenvalue weighted by Gasteiger charge is -2.39. The summed E-state index contributed by atoms with van der Waals surface area (Å²) in [6, 6.07) is 20.0. The second-order valence-corrected chi connectivity index (χ2v) is 19.2. The Morgan fingerprint density at radius 1 is 0.812 bits per heavy atom. The van der Waals surface area contributed by atoms with Crippen molar-refractivity contribution in [2.24, 2.45) is 24.6 Å². The third kappa shape index (κ3) is 11.1. The summed E-state index contributed by atoms with van der Waals surface area (Å²) in [7, 11) is 1.69. The number of rotatable bonds is 16. The number of aryl methyl sites for hydroxylation is 1. The average Bonchev–Trinajstić information content (AvgIpc) is 3.87. The minimum atomic E-state index is -1.13. The van der Waals surface area contributed by atoms with E-state index in [0.29, 0.717) is 43.7 Å². The predicted molar refractivity (Wildman–Crippen MR) is 254 cm³/mol. The van der Waals surface area contributed by atoms with Gasteiger partial charge in [-0.2, -0.15) is 0 Å². The van der Waals surface area contributed by atoms with Gasteiger partial charge in [-0.15, -0.1) is 0 Å². The van der Waals surface area contributed by atoms with Gasteiger partial charge in [-0.25, -0.2) is 4.79 Å². The summed E-state index contributed by atoms with van der Waals surface area (Å²) in [5.74, 6) is -2.40. The van der Waals surface area contributed by atoms with Gasteiger partial charge in [0.2, 0.25) is 41.4 Å². The molecule has 4 aromatic rings. The standard InChI is InChI=1S/C51H63N9O9/c1-57-42-27-33(16-19-39(42)60(51(57)69)41-21-23-44(63)55-49(41)67)26-31-12-14-32(15-13-31)28-45(64)58-25-24-36-17-20-40(59(36)50(68)38(29-58)53-30-61)48(66)54-37(18-22-43(52)62)47(65)56-46(34-8-4-2-5-9-34)35-10-6-3-7-11-35/h2-11,16,19,27,31-32,36-38,40-41,46,53,61H,12-15,17-18,20-26,28-30H2,1H3,(H2,52,62)(H,54,66)(H,56,65)(H,55,63,67)/t31-,32+,36-,37+,38+,40+,41?/m1/s1. The van der Waals surface area contributed by atoms with E-state index >= 15 is 0 Å². The molecule has 1 aromatic heterocycles. The summed E-state index contributed by atoms with van der Waals surface area (Å²) in [5.41, 5.74) is 9.30. The number of nitrogens with one attached hydrogen (secondary N) is 4. The van der Waals surface area contributed by atoms with Crippen molar-refractivity contribution < 1.29 is 38.7 Å². The second kappa shape index (κ2) is 21.7. The largest absolute Gasteiger partial charge is 0.381 e. The van der Waals surface area contributed by atoms with Crippen LogP contribution < -0.4 is 32.7 Å². The number of aromatic nitrogens is 2. The highest BCUT2D eigenvalue weighted by Crippen LogP contribution is 2.35. The third-order valence-corrected chi connectivity index (χ3v) is 14.7. The zero-order valence-electron chi connectivity index (χ0n) is 39.0. The fourth-order valence-corrected chi connectivity index (χ4v) is 11.0. The SMILES string of the molecule is Cn1c(=O)n(C2CCC(=O)NC2=O)c2ccc(C[C@H]3CC[C@@H](CC(=O)N4CC[C@H]5CC[C@@H](C(=O)N[C@@H](CCC(N)=O)C(=O)NC(c6ccccc6)c6ccccc6)N5C(=O)[C@@H](NCO)C4)CC3)cc21. The molecule has 8 rings (SSSR count). The third-order valence-electron chi connectivity index (χ3n) is 14.7. The number of hydrogen-bond acceptors (Lipinski definition) is 10. The number of aliphatic hydroxyl groups is 1. The van der Waals surface area contributed by atoms with E-state index in [4.69, 9.17) is 5.73 Å². The van der Waals surface area contributed by atoms with Crippen LogP contribution in [0.1, 0.15) is 106 Å². The van der Waals surface area contributed by atoms with E-state index in [1.165, 1.54) is 4.57 Å². The highest BCUT2D eigenvalue weighted by molar-refractivity contribution is 6.00. The Balaban J connectivity index is 0.872. The molecule has 3 saturated heterocycles. The molecule has 18 heteroatoms. The van der Waals surface area contributed by atoms with E-state index in [1.54, 1.807) is 21.4 Å². The zero-order valence-corrected chi connectivity index (χ0v) is 39.0. The summed E-state index contributed by atoms with van der Waals surface area (Å²) < 4.78 is 3.03. The van der Waals surface area contributed by atoms with Gasteiger partial charge < -0.3 is 31.3 Å². The van der Waals surface area contributed by atoms with Crippen molar-refractivity contribution in [1.29, 1.82) is 0 Å². The van der Waals surface area contributed by atoms with Crippen molar-refractivity contribution in [3.8, 4) is 0 Å². The van der Waals surface area contributed by atoms with Crippen LogP contribution in [0.2, 0.25) is 0 Å². The van der Waals surface area contributed by atoms with E-state index in [0.717, 1.165) is 54.3 Å². The first-order valence-electron chi connectivity index (χ1n) is 24.3. The Morgan fingerprint density at radius 2 is 1.49 bits per heavy atom. The van der Waals surface area contributed by atoms with Gasteiger partial charge in [0.05, 0.1) is 23.8 Å². The quantitative estimate of drug-likeness (QED) is 0.0707. The summed E-state index contributed by atoms with van der Waals surface area (Å²) in [5, 5.41) is 21.1. The van der Waals surface area contributed by atoms with Crippen molar-refractivity contribution in [2.45, 2.75) is 120 Å². The number of hydrogen-bond donors (Lipinski definition) is 6. The molecule has 1 aliphatic carbocycles. The van der Waals surface area contributed by atoms with Crippen LogP contribution in [-0.2, 0) is 47.0 Å². The van der Waals surface area contributed by atoms with E-state index in [1.807, 2.05) is 78.9 Å². The van der Waals surface area contributed by atoms with Crippen LogP contribution in [0.5, 0.6) is 0 Å². The maximum atomic E-state index is 14.4. The molecule has 4 aliphatic rings. The Morgan fingerprint density at radius 3 is 2.14 bits per heavy atom. The van der Waals surface area contributed by atoms with Gasteiger partial charge in [0, 0.05) is 45.4 Å². The zero-order chi connectivity index (χ0) is 48.8. The van der Waals surface area contributed by atoms with E-state index in [9.17, 15) is 43.5 Å². The summed E-state index contributed by atoms with van der Waals surface area (Å²) in [6.45, 7) is -0.141. The number of carbonyl (C=O) groups is 7. The number of imide groups is 1. The number of primary amides is 1. The van der Waals surface area contributed by atoms with Crippen molar-refractivity contribution in [3.63, 3.8) is 0 Å². The van der Waals surface area contributed by atoms with Gasteiger partial charge in [0.1, 0.15) is 24.2 Å². The van der Waals surface area contributed by atoms with Crippen molar-refractivity contribution >= 4 is 52.4 Å². The minimum absolute atomic E-state index is 0.0192. The number of nitrogens with two attached hydrogens (primary N) is 1. The maximum absolute atomic E-state index is 14.4. The number of piperidine rings is 1. The van der Waals surface area contributed by atoms with Gasteiger partial charge in [0.25, 0.3) is 0 Å². The van der Waals surface area contributed by atoms with E-state index < -0.39 is 66.5 Å². The van der Waals surface area contributed by atoms with Crippen LogP contribution in [0.15, 0.2) is 83.7 Å². The normalized spacial score (nSPS) is 23.5. The molecule has 4 fully saturated rings. The molecule has 0 spiro atoms. The van der Waals surface area contributed by atoms with E-state index in [2.05, 4.69) is 21.3 Å². The molecule has 1 unspecified atom stereocenters. The fraction of sp³-hybridized carbons (Fsp3) is 0.490. The topological polar surface area (TPSA) is 247 Å². The van der Waals surface area contributed by atoms with Gasteiger partial charge in [-0.05, 0) is 105 Å². The molecular formula is C51H63N9O9. The molecule has 69 heavy (non-hydrogen) atoms. The molecule has 5 atom stereocenters. The number of benzene rings is 3. The molecule has 3 aliphatic heterocycles. The molecule has 0 radical (unpaired) electrons. The minimum Gasteiger partial charge on any atom is -0.381 e. The van der Waals surface area contributed by atoms with Crippen LogP contribution in [0, 0.1) is 11.8 Å². The molecule has 366 valence electrons. The molecule has 3 aromatic carbocycles. The first kappa shape index (κ1) is 48.8. The van der Waals surface area contributed by atoms with Gasteiger partial charge in [-0.1, -0.05) is 66.7 Å². The summed E-state index contributed by atoms with van der Waals surface area (Å²) in [6.07, 6.45) is 6.22. The van der Waals surface area contributed by atoms with Crippen LogP contribution in [-0.4, -0.2) is 109 Å². The summed E-state index contributed by atoms with van der Waals surface area (Å²) >= 11 is 0. The van der Waals surface area contributed by atoms with Gasteiger partial charge in [0.15, 0.2) is 0 Å². The molecular weight excluding hydrogens is 883 g/mol. The lowest BCUT2D eigenvalue weighted by atomic mass is 9.78. The van der Waals surface area contributed by atoms with Crippen molar-refractivity contribution in [2.75, 3.05) is 19.8 Å². The first-order valence-corrected chi connectivity index (χ1v) is 24.3. The van der Waals surface area contributed by atoms with Crippen LogP contribution in [0.25, 0.3) is 11.0 Å². The number of amides is 7. The molecule has 7 N–H and O–H groups in total.